The van der Waals surface area contributed by atoms with E-state index in [1.54, 1.807) is 14.2 Å². The summed E-state index contributed by atoms with van der Waals surface area (Å²) < 4.78 is 10.8. The third-order valence-electron chi connectivity index (χ3n) is 6.48. The predicted octanol–water partition coefficient (Wildman–Crippen LogP) is 4.77. The SMILES string of the molecule is COc1ccc(C(O)CN2CCN(C)CC2(c2ccccc2)c2ccccc2)cc1OC.Cl.Cl. The molecule has 184 valence electrons. The fraction of sp³-hybridized carbons (Fsp3) is 0.333. The van der Waals surface area contributed by atoms with Crippen molar-refractivity contribution in [2.75, 3.05) is 47.4 Å². The summed E-state index contributed by atoms with van der Waals surface area (Å²) in [6.07, 6.45) is -0.662. The van der Waals surface area contributed by atoms with Crippen molar-refractivity contribution in [3.8, 4) is 11.5 Å². The van der Waals surface area contributed by atoms with Crippen LogP contribution in [0.2, 0.25) is 0 Å². The average molecular weight is 505 g/mol. The van der Waals surface area contributed by atoms with Crippen molar-refractivity contribution in [1.29, 1.82) is 0 Å². The molecule has 3 aromatic rings. The number of halogens is 2. The Morgan fingerprint density at radius 3 is 1.91 bits per heavy atom. The molecule has 1 saturated heterocycles. The number of benzene rings is 3. The van der Waals surface area contributed by atoms with E-state index in [1.165, 1.54) is 11.1 Å². The zero-order valence-electron chi connectivity index (χ0n) is 19.9. The lowest BCUT2D eigenvalue weighted by atomic mass is 9.79. The van der Waals surface area contributed by atoms with Gasteiger partial charge in [0.25, 0.3) is 0 Å². The highest BCUT2D eigenvalue weighted by Crippen LogP contribution is 2.40. The van der Waals surface area contributed by atoms with Gasteiger partial charge in [-0.1, -0.05) is 66.7 Å². The van der Waals surface area contributed by atoms with Crippen LogP contribution in [0.15, 0.2) is 78.9 Å². The standard InChI is InChI=1S/C27H32N2O3.2ClH/c1-28-16-17-29(19-24(30)21-14-15-25(31-2)26(18-21)32-3)27(20-28,22-10-6-4-7-11-22)23-12-8-5-9-13-23;;/h4-15,18,24,30H,16-17,19-20H2,1-3H3;2*1H. The van der Waals surface area contributed by atoms with Gasteiger partial charge in [-0.25, -0.2) is 0 Å². The number of piperazine rings is 1. The van der Waals surface area contributed by atoms with E-state index in [0.717, 1.165) is 25.2 Å². The van der Waals surface area contributed by atoms with Crippen molar-refractivity contribution in [1.82, 2.24) is 9.80 Å². The Morgan fingerprint density at radius 1 is 0.824 bits per heavy atom. The third kappa shape index (κ3) is 5.51. The van der Waals surface area contributed by atoms with Crippen molar-refractivity contribution in [2.24, 2.45) is 0 Å². The largest absolute Gasteiger partial charge is 0.493 e. The van der Waals surface area contributed by atoms with E-state index in [4.69, 9.17) is 9.47 Å². The maximum atomic E-state index is 11.3. The van der Waals surface area contributed by atoms with Crippen LogP contribution in [0.1, 0.15) is 22.8 Å². The topological polar surface area (TPSA) is 45.2 Å². The minimum Gasteiger partial charge on any atom is -0.493 e. The molecular formula is C27H34Cl2N2O3. The highest BCUT2D eigenvalue weighted by Gasteiger charge is 2.44. The maximum Gasteiger partial charge on any atom is 0.161 e. The molecule has 0 bridgehead atoms. The van der Waals surface area contributed by atoms with E-state index in [9.17, 15) is 5.11 Å². The quantitative estimate of drug-likeness (QED) is 0.501. The second-order valence-corrected chi connectivity index (χ2v) is 8.41. The van der Waals surface area contributed by atoms with Crippen molar-refractivity contribution in [3.05, 3.63) is 95.6 Å². The highest BCUT2D eigenvalue weighted by atomic mass is 35.5. The van der Waals surface area contributed by atoms with Crippen molar-refractivity contribution in [2.45, 2.75) is 11.6 Å². The molecule has 0 amide bonds. The zero-order chi connectivity index (χ0) is 22.6. The molecule has 7 heteroatoms. The van der Waals surface area contributed by atoms with E-state index < -0.39 is 6.10 Å². The lowest BCUT2D eigenvalue weighted by molar-refractivity contribution is -0.00344. The molecule has 34 heavy (non-hydrogen) atoms. The van der Waals surface area contributed by atoms with Crippen molar-refractivity contribution in [3.63, 3.8) is 0 Å². The van der Waals surface area contributed by atoms with Crippen LogP contribution in [0.3, 0.4) is 0 Å². The van der Waals surface area contributed by atoms with Gasteiger partial charge in [-0.15, -0.1) is 24.8 Å². The van der Waals surface area contributed by atoms with Gasteiger partial charge in [0.2, 0.25) is 0 Å². The summed E-state index contributed by atoms with van der Waals surface area (Å²) in [5.74, 6) is 1.28. The van der Waals surface area contributed by atoms with Gasteiger partial charge in [0.05, 0.1) is 25.9 Å². The van der Waals surface area contributed by atoms with Gasteiger partial charge in [0.1, 0.15) is 0 Å². The van der Waals surface area contributed by atoms with Crippen LogP contribution in [0.5, 0.6) is 11.5 Å². The minimum absolute atomic E-state index is 0. The Hall–Kier alpha value is -2.28. The fourth-order valence-corrected chi connectivity index (χ4v) is 4.82. The van der Waals surface area contributed by atoms with Crippen LogP contribution in [0.25, 0.3) is 0 Å². The average Bonchev–Trinajstić information content (AvgIpc) is 2.85. The van der Waals surface area contributed by atoms with Gasteiger partial charge in [0, 0.05) is 26.2 Å². The molecule has 1 heterocycles. The first-order valence-corrected chi connectivity index (χ1v) is 11.0. The van der Waals surface area contributed by atoms with E-state index >= 15 is 0 Å². The molecule has 5 nitrogen and oxygen atoms in total. The fourth-order valence-electron chi connectivity index (χ4n) is 4.82. The monoisotopic (exact) mass is 504 g/mol. The third-order valence-corrected chi connectivity index (χ3v) is 6.48. The lowest BCUT2D eigenvalue weighted by Crippen LogP contribution is -2.60. The number of ether oxygens (including phenoxy) is 2. The summed E-state index contributed by atoms with van der Waals surface area (Å²) in [7, 11) is 5.40. The van der Waals surface area contributed by atoms with Crippen molar-refractivity contribution >= 4 is 24.8 Å². The summed E-state index contributed by atoms with van der Waals surface area (Å²) in [4.78, 5) is 4.80. The Labute approximate surface area is 215 Å². The van der Waals surface area contributed by atoms with Gasteiger partial charge < -0.3 is 19.5 Å². The molecule has 1 N–H and O–H groups in total. The number of hydrogen-bond acceptors (Lipinski definition) is 5. The number of rotatable bonds is 7. The zero-order valence-corrected chi connectivity index (χ0v) is 21.5. The molecule has 1 aliphatic rings. The molecular weight excluding hydrogens is 471 g/mol. The van der Waals surface area contributed by atoms with E-state index in [-0.39, 0.29) is 30.4 Å². The number of aliphatic hydroxyl groups excluding tert-OH is 1. The molecule has 3 aromatic carbocycles. The first-order valence-electron chi connectivity index (χ1n) is 11.0. The summed E-state index contributed by atoms with van der Waals surface area (Å²) >= 11 is 0. The van der Waals surface area contributed by atoms with E-state index in [1.807, 2.05) is 18.2 Å². The molecule has 0 aromatic heterocycles. The van der Waals surface area contributed by atoms with Gasteiger partial charge in [0.15, 0.2) is 11.5 Å². The van der Waals surface area contributed by atoms with E-state index in [2.05, 4.69) is 77.5 Å². The van der Waals surface area contributed by atoms with Crippen molar-refractivity contribution < 1.29 is 14.6 Å². The van der Waals surface area contributed by atoms with Gasteiger partial charge in [-0.05, 0) is 35.9 Å². The second kappa shape index (κ2) is 12.4. The lowest BCUT2D eigenvalue weighted by Gasteiger charge is -2.51. The molecule has 0 radical (unpaired) electrons. The number of aliphatic hydroxyl groups is 1. The van der Waals surface area contributed by atoms with Gasteiger partial charge in [-0.2, -0.15) is 0 Å². The summed E-state index contributed by atoms with van der Waals surface area (Å²) in [6, 6.07) is 26.9. The Balaban J connectivity index is 0.00000204. The number of hydrogen-bond donors (Lipinski definition) is 1. The minimum atomic E-state index is -0.662. The summed E-state index contributed by atoms with van der Waals surface area (Å²) in [5.41, 5.74) is 2.93. The number of likely N-dealkylation sites (N-methyl/N-ethyl adjacent to an activating group) is 1. The predicted molar refractivity (Wildman–Crippen MR) is 142 cm³/mol. The van der Waals surface area contributed by atoms with Crippen LogP contribution in [0.4, 0.5) is 0 Å². The van der Waals surface area contributed by atoms with Crippen LogP contribution in [0, 0.1) is 0 Å². The van der Waals surface area contributed by atoms with Gasteiger partial charge >= 0.3 is 0 Å². The smallest absolute Gasteiger partial charge is 0.161 e. The normalized spacial score (nSPS) is 16.6. The first-order chi connectivity index (χ1) is 15.6. The Bertz CT molecular complexity index is 981. The summed E-state index contributed by atoms with van der Waals surface area (Å²) in [6.45, 7) is 3.15. The first kappa shape index (κ1) is 28.0. The molecule has 0 aliphatic carbocycles. The van der Waals surface area contributed by atoms with Crippen LogP contribution >= 0.6 is 24.8 Å². The molecule has 0 spiro atoms. The molecule has 1 atom stereocenters. The van der Waals surface area contributed by atoms with Gasteiger partial charge in [-0.3, -0.25) is 4.90 Å². The van der Waals surface area contributed by atoms with Crippen LogP contribution in [-0.4, -0.2) is 62.4 Å². The molecule has 1 aliphatic heterocycles. The van der Waals surface area contributed by atoms with Crippen LogP contribution in [-0.2, 0) is 5.54 Å². The molecule has 1 unspecified atom stereocenters. The van der Waals surface area contributed by atoms with Crippen LogP contribution < -0.4 is 9.47 Å². The summed E-state index contributed by atoms with van der Waals surface area (Å²) in [5, 5.41) is 11.3. The molecule has 1 fully saturated rings. The second-order valence-electron chi connectivity index (χ2n) is 8.41. The van der Waals surface area contributed by atoms with E-state index in [0.29, 0.717) is 18.0 Å². The number of methoxy groups -OCH3 is 2. The maximum absolute atomic E-state index is 11.3. The number of nitrogens with zero attached hydrogens (tertiary/aromatic N) is 2. The molecule has 4 rings (SSSR count). The highest BCUT2D eigenvalue weighted by molar-refractivity contribution is 5.85. The Morgan fingerprint density at radius 2 is 1.38 bits per heavy atom. The Kier molecular flexibility index (Phi) is 10.2. The number of β-amino-alcohol motifs (C(OH)–C–C–N with tert-alkyl or cyclic N) is 1. The molecule has 0 saturated carbocycles.